The highest BCUT2D eigenvalue weighted by Crippen LogP contribution is 2.11. The van der Waals surface area contributed by atoms with Crippen molar-refractivity contribution in [3.05, 3.63) is 11.8 Å². The third-order valence-corrected chi connectivity index (χ3v) is 2.21. The summed E-state index contributed by atoms with van der Waals surface area (Å²) in [4.78, 5) is 6.48. The largest absolute Gasteiger partial charge is 0.350 e. The lowest BCUT2D eigenvalue weighted by molar-refractivity contribution is 0.564. The molecule has 0 fully saturated rings. The first-order valence-corrected chi connectivity index (χ1v) is 4.47. The van der Waals surface area contributed by atoms with Crippen molar-refractivity contribution < 1.29 is 0 Å². The normalized spacial score (nSPS) is 16.8. The Kier molecular flexibility index (Phi) is 5.16. The van der Waals surface area contributed by atoms with E-state index in [1.54, 1.807) is 11.8 Å². The monoisotopic (exact) mass is 284 g/mol. The number of likely N-dealkylation sites (N-methyl/N-ethyl adjacent to an activating group) is 1. The number of hydrogen-bond donors (Lipinski definition) is 0. The number of hydrogen-bond acceptors (Lipinski definition) is 3. The summed E-state index contributed by atoms with van der Waals surface area (Å²) in [6.45, 7) is 3.02. The van der Waals surface area contributed by atoms with Crippen LogP contribution in [0.25, 0.3) is 0 Å². The molecule has 0 saturated heterocycles. The number of thioether (sulfide) groups is 1. The van der Waals surface area contributed by atoms with Crippen LogP contribution in [0.5, 0.6) is 0 Å². The number of allylic oxidation sites excluding steroid dienone is 1. The molecule has 0 atom stereocenters. The van der Waals surface area contributed by atoms with Gasteiger partial charge < -0.3 is 4.90 Å². The Labute approximate surface area is 89.2 Å². The molecule has 11 heavy (non-hydrogen) atoms. The quantitative estimate of drug-likeness (QED) is 0.634. The van der Waals surface area contributed by atoms with Crippen LogP contribution in [-0.4, -0.2) is 29.9 Å². The fourth-order valence-corrected chi connectivity index (χ4v) is 1.45. The van der Waals surface area contributed by atoms with Crippen LogP contribution >= 0.6 is 35.7 Å². The number of rotatable bonds is 0. The Bertz CT molecular complexity index is 189. The minimum absolute atomic E-state index is 0. The summed E-state index contributed by atoms with van der Waals surface area (Å²) in [6, 6.07) is 0. The summed E-state index contributed by atoms with van der Waals surface area (Å²) in [5.41, 5.74) is 1.13. The average Bonchev–Trinajstić information content (AvgIpc) is 1.94. The molecule has 0 spiro atoms. The van der Waals surface area contributed by atoms with Gasteiger partial charge in [-0.05, 0) is 19.3 Å². The van der Waals surface area contributed by atoms with Crippen molar-refractivity contribution in [3.63, 3.8) is 0 Å². The summed E-state index contributed by atoms with van der Waals surface area (Å²) < 4.78 is 0. The summed E-state index contributed by atoms with van der Waals surface area (Å²) in [5, 5.41) is 1.11. The molecule has 0 aliphatic carbocycles. The number of amidine groups is 1. The van der Waals surface area contributed by atoms with Crippen LogP contribution in [-0.2, 0) is 0 Å². The van der Waals surface area contributed by atoms with E-state index in [0.29, 0.717) is 0 Å². The van der Waals surface area contributed by atoms with Gasteiger partial charge in [0.1, 0.15) is 0 Å². The Hall–Kier alpha value is 0.290. The molecule has 1 aliphatic heterocycles. The van der Waals surface area contributed by atoms with Gasteiger partial charge in [0.05, 0.1) is 0 Å². The van der Waals surface area contributed by atoms with E-state index in [0.717, 1.165) is 17.4 Å². The molecule has 1 aliphatic rings. The molecule has 4 heteroatoms. The van der Waals surface area contributed by atoms with Gasteiger partial charge in [-0.25, -0.2) is 4.99 Å². The molecule has 0 radical (unpaired) electrons. The highest BCUT2D eigenvalue weighted by atomic mass is 127. The van der Waals surface area contributed by atoms with Gasteiger partial charge >= 0.3 is 0 Å². The Morgan fingerprint density at radius 1 is 1.64 bits per heavy atom. The van der Waals surface area contributed by atoms with Gasteiger partial charge in [-0.1, -0.05) is 11.8 Å². The van der Waals surface area contributed by atoms with E-state index in [4.69, 9.17) is 0 Å². The second-order valence-electron chi connectivity index (χ2n) is 2.32. The van der Waals surface area contributed by atoms with Gasteiger partial charge in [0.15, 0.2) is 5.17 Å². The van der Waals surface area contributed by atoms with Crippen molar-refractivity contribution in [2.24, 2.45) is 4.99 Å². The van der Waals surface area contributed by atoms with Crippen LogP contribution in [0.4, 0.5) is 0 Å². The van der Waals surface area contributed by atoms with Crippen LogP contribution in [0.3, 0.4) is 0 Å². The molecule has 1 rings (SSSR count). The summed E-state index contributed by atoms with van der Waals surface area (Å²) in [6.07, 6.45) is 4.17. The van der Waals surface area contributed by atoms with Gasteiger partial charge in [0.2, 0.25) is 0 Å². The van der Waals surface area contributed by atoms with E-state index in [1.165, 1.54) is 0 Å². The predicted octanol–water partition coefficient (Wildman–Crippen LogP) is 2.17. The Balaban J connectivity index is 0.000001000. The van der Waals surface area contributed by atoms with E-state index in [2.05, 4.69) is 23.0 Å². The SMILES string of the molecule is CSC1=NC(C)=CCN1C.I. The van der Waals surface area contributed by atoms with Crippen molar-refractivity contribution in [2.45, 2.75) is 6.92 Å². The maximum atomic E-state index is 4.35. The minimum Gasteiger partial charge on any atom is -0.350 e. The molecule has 64 valence electrons. The van der Waals surface area contributed by atoms with Gasteiger partial charge in [-0.15, -0.1) is 24.0 Å². The van der Waals surface area contributed by atoms with Crippen LogP contribution in [0.2, 0.25) is 0 Å². The zero-order valence-corrected chi connectivity index (χ0v) is 10.1. The zero-order chi connectivity index (χ0) is 7.56. The molecule has 0 aromatic carbocycles. The van der Waals surface area contributed by atoms with E-state index in [9.17, 15) is 0 Å². The molecule has 2 nitrogen and oxygen atoms in total. The molecular weight excluding hydrogens is 271 g/mol. The maximum absolute atomic E-state index is 4.35. The number of halogens is 1. The van der Waals surface area contributed by atoms with Crippen LogP contribution < -0.4 is 0 Å². The smallest absolute Gasteiger partial charge is 0.163 e. The summed E-state index contributed by atoms with van der Waals surface area (Å²) in [5.74, 6) is 0. The predicted molar refractivity (Wildman–Crippen MR) is 62.8 cm³/mol. The standard InChI is InChI=1S/C7H12N2S.HI/c1-6-4-5-9(2)7(8-6)10-3;/h4H,5H2,1-3H3;1H. The highest BCUT2D eigenvalue weighted by Gasteiger charge is 2.07. The second kappa shape index (κ2) is 5.03. The van der Waals surface area contributed by atoms with E-state index in [1.807, 2.05) is 13.2 Å². The summed E-state index contributed by atoms with van der Waals surface area (Å²) >= 11 is 1.69. The number of nitrogens with zero attached hydrogens (tertiary/aromatic N) is 2. The van der Waals surface area contributed by atoms with Gasteiger partial charge in [-0.2, -0.15) is 0 Å². The lowest BCUT2D eigenvalue weighted by Crippen LogP contribution is -2.26. The third kappa shape index (κ3) is 3.02. The van der Waals surface area contributed by atoms with Crippen molar-refractivity contribution in [2.75, 3.05) is 19.8 Å². The van der Waals surface area contributed by atoms with Crippen molar-refractivity contribution in [1.82, 2.24) is 4.90 Å². The third-order valence-electron chi connectivity index (χ3n) is 1.44. The van der Waals surface area contributed by atoms with Crippen molar-refractivity contribution in [3.8, 4) is 0 Å². The summed E-state index contributed by atoms with van der Waals surface area (Å²) in [7, 11) is 2.05. The van der Waals surface area contributed by atoms with Crippen molar-refractivity contribution >= 4 is 40.9 Å². The maximum Gasteiger partial charge on any atom is 0.163 e. The lowest BCUT2D eigenvalue weighted by Gasteiger charge is -2.21. The number of aliphatic imine (C=N–C) groups is 1. The Morgan fingerprint density at radius 3 is 2.73 bits per heavy atom. The van der Waals surface area contributed by atoms with Crippen LogP contribution in [0.15, 0.2) is 16.8 Å². The van der Waals surface area contributed by atoms with Crippen LogP contribution in [0, 0.1) is 0 Å². The average molecular weight is 284 g/mol. The first-order valence-electron chi connectivity index (χ1n) is 3.24. The first kappa shape index (κ1) is 11.3. The van der Waals surface area contributed by atoms with Gasteiger partial charge in [0.25, 0.3) is 0 Å². The second-order valence-corrected chi connectivity index (χ2v) is 3.10. The fraction of sp³-hybridized carbons (Fsp3) is 0.571. The molecule has 0 saturated carbocycles. The fourth-order valence-electron chi connectivity index (χ4n) is 0.830. The first-order chi connectivity index (χ1) is 4.74. The molecule has 0 aromatic rings. The molecule has 0 amide bonds. The van der Waals surface area contributed by atoms with Gasteiger partial charge in [-0.3, -0.25) is 0 Å². The molecule has 0 unspecified atom stereocenters. The van der Waals surface area contributed by atoms with Crippen molar-refractivity contribution in [1.29, 1.82) is 0 Å². The van der Waals surface area contributed by atoms with Crippen LogP contribution in [0.1, 0.15) is 6.92 Å². The van der Waals surface area contributed by atoms with E-state index >= 15 is 0 Å². The highest BCUT2D eigenvalue weighted by molar-refractivity contribution is 14.0. The molecule has 0 bridgehead atoms. The molecule has 1 heterocycles. The molecule has 0 N–H and O–H groups in total. The van der Waals surface area contributed by atoms with E-state index < -0.39 is 0 Å². The molecular formula is C7H13IN2S. The Morgan fingerprint density at radius 2 is 2.27 bits per heavy atom. The topological polar surface area (TPSA) is 15.6 Å². The molecule has 0 aromatic heterocycles. The van der Waals surface area contributed by atoms with E-state index in [-0.39, 0.29) is 24.0 Å². The minimum atomic E-state index is 0. The zero-order valence-electron chi connectivity index (χ0n) is 7.00. The lowest BCUT2D eigenvalue weighted by atomic mass is 10.4. The van der Waals surface area contributed by atoms with Gasteiger partial charge in [0, 0.05) is 19.3 Å².